The number of hydroxylamine groups is 1. The van der Waals surface area contributed by atoms with Crippen LogP contribution in [0.3, 0.4) is 0 Å². The third kappa shape index (κ3) is 6.59. The van der Waals surface area contributed by atoms with Crippen LogP contribution in [0.25, 0.3) is 16.6 Å². The zero-order chi connectivity index (χ0) is 25.9. The second-order valence-corrected chi connectivity index (χ2v) is 11.2. The van der Waals surface area contributed by atoms with Crippen molar-refractivity contribution in [2.45, 2.75) is 45.8 Å². The van der Waals surface area contributed by atoms with E-state index in [1.807, 2.05) is 17.5 Å². The van der Waals surface area contributed by atoms with Crippen LogP contribution in [-0.4, -0.2) is 33.7 Å². The first-order chi connectivity index (χ1) is 17.1. The molecule has 1 unspecified atom stereocenters. The Hall–Kier alpha value is -3.48. The molecular formula is C24H26N4O6S2. The molecule has 1 aliphatic carbocycles. The topological polar surface area (TPSA) is 143 Å². The number of thiophene rings is 1. The van der Waals surface area contributed by atoms with Gasteiger partial charge in [0.25, 0.3) is 0 Å². The average molecular weight is 531 g/mol. The molecule has 1 aliphatic rings. The molecule has 3 amide bonds. The maximum atomic E-state index is 12.9. The summed E-state index contributed by atoms with van der Waals surface area (Å²) in [5, 5.41) is 16.5. The lowest BCUT2D eigenvalue weighted by atomic mass is 9.93. The number of aromatic nitrogens is 1. The Kier molecular flexibility index (Phi) is 7.57. The largest absolute Gasteiger partial charge is 0.460 e. The lowest BCUT2D eigenvalue weighted by Gasteiger charge is -2.19. The number of carbonyl (C=O) groups is 3. The lowest BCUT2D eigenvalue weighted by Crippen LogP contribution is -2.32. The Morgan fingerprint density at radius 1 is 1.28 bits per heavy atom. The second-order valence-electron chi connectivity index (χ2n) is 9.13. The van der Waals surface area contributed by atoms with E-state index in [2.05, 4.69) is 15.6 Å². The molecule has 36 heavy (non-hydrogen) atoms. The molecule has 3 heterocycles. The van der Waals surface area contributed by atoms with Crippen molar-refractivity contribution >= 4 is 51.8 Å². The minimum Gasteiger partial charge on any atom is -0.460 e. The van der Waals surface area contributed by atoms with E-state index in [1.165, 1.54) is 22.7 Å². The molecular weight excluding hydrogens is 504 g/mol. The highest BCUT2D eigenvalue weighted by Crippen LogP contribution is 2.32. The Balaban J connectivity index is 1.32. The Labute approximate surface area is 215 Å². The van der Waals surface area contributed by atoms with Gasteiger partial charge in [-0.05, 0) is 57.0 Å². The van der Waals surface area contributed by atoms with Crippen molar-refractivity contribution in [1.82, 2.24) is 15.8 Å². The predicted octanol–water partition coefficient (Wildman–Crippen LogP) is 4.36. The molecule has 0 aliphatic heterocycles. The summed E-state index contributed by atoms with van der Waals surface area (Å²) in [6.45, 7) is 5.56. The summed E-state index contributed by atoms with van der Waals surface area (Å²) in [6.07, 6.45) is 3.58. The van der Waals surface area contributed by atoms with Gasteiger partial charge in [-0.1, -0.05) is 6.08 Å². The fraction of sp³-hybridized carbons (Fsp3) is 0.333. The number of nitrogens with zero attached hydrogens (tertiary/aromatic N) is 1. The maximum absolute atomic E-state index is 12.9. The summed E-state index contributed by atoms with van der Waals surface area (Å²) in [7, 11) is 0. The van der Waals surface area contributed by atoms with Crippen LogP contribution in [0.1, 0.15) is 42.7 Å². The van der Waals surface area contributed by atoms with Gasteiger partial charge in [0.15, 0.2) is 5.13 Å². The molecule has 4 rings (SSSR count). The quantitative estimate of drug-likeness (QED) is 0.262. The van der Waals surface area contributed by atoms with Gasteiger partial charge in [-0.25, -0.2) is 15.3 Å². The van der Waals surface area contributed by atoms with Crippen molar-refractivity contribution in [2.24, 2.45) is 5.92 Å². The number of rotatable bonds is 7. The number of fused-ring (bicyclic) bond motifs is 1. The molecule has 10 nitrogen and oxygen atoms in total. The zero-order valence-corrected chi connectivity index (χ0v) is 21.5. The van der Waals surface area contributed by atoms with Crippen LogP contribution in [0.5, 0.6) is 0 Å². The van der Waals surface area contributed by atoms with E-state index >= 15 is 0 Å². The summed E-state index contributed by atoms with van der Waals surface area (Å²) in [5.41, 5.74) is 2.62. The minimum absolute atomic E-state index is 0.0810. The van der Waals surface area contributed by atoms with Gasteiger partial charge in [-0.3, -0.25) is 14.8 Å². The lowest BCUT2D eigenvalue weighted by molar-refractivity contribution is -0.128. The van der Waals surface area contributed by atoms with Crippen molar-refractivity contribution in [3.8, 4) is 10.6 Å². The first-order valence-electron chi connectivity index (χ1n) is 11.1. The van der Waals surface area contributed by atoms with E-state index in [4.69, 9.17) is 14.4 Å². The number of hydrogen-bond donors (Lipinski definition) is 4. The molecule has 190 valence electrons. The van der Waals surface area contributed by atoms with Crippen LogP contribution in [0, 0.1) is 5.92 Å². The number of ether oxygens (including phenoxy) is 1. The number of nitrogens with one attached hydrogen (secondary N) is 3. The number of hydrogen-bond acceptors (Lipinski definition) is 9. The Morgan fingerprint density at radius 2 is 2.08 bits per heavy atom. The smallest absolute Gasteiger partial charge is 0.408 e. The van der Waals surface area contributed by atoms with Crippen molar-refractivity contribution in [3.05, 3.63) is 51.6 Å². The summed E-state index contributed by atoms with van der Waals surface area (Å²) < 4.78 is 11.0. The van der Waals surface area contributed by atoms with Crippen molar-refractivity contribution in [3.63, 3.8) is 0 Å². The molecule has 0 radical (unpaired) electrons. The third-order valence-corrected chi connectivity index (χ3v) is 6.93. The third-order valence-electron chi connectivity index (χ3n) is 5.06. The number of carbonyl (C=O) groups excluding carboxylic acids is 3. The monoisotopic (exact) mass is 530 g/mol. The van der Waals surface area contributed by atoms with E-state index in [9.17, 15) is 14.4 Å². The molecule has 0 spiro atoms. The first kappa shape index (κ1) is 25.6. The maximum Gasteiger partial charge on any atom is 0.408 e. The van der Waals surface area contributed by atoms with Gasteiger partial charge >= 0.3 is 6.09 Å². The van der Waals surface area contributed by atoms with Gasteiger partial charge in [0.1, 0.15) is 17.1 Å². The van der Waals surface area contributed by atoms with Crippen LogP contribution in [0.4, 0.5) is 9.93 Å². The summed E-state index contributed by atoms with van der Waals surface area (Å²) in [6, 6.07) is 5.49. The van der Waals surface area contributed by atoms with Crippen LogP contribution in [0.15, 0.2) is 34.1 Å². The van der Waals surface area contributed by atoms with E-state index < -0.39 is 17.6 Å². The fourth-order valence-electron chi connectivity index (χ4n) is 3.50. The first-order valence-corrected chi connectivity index (χ1v) is 12.8. The van der Waals surface area contributed by atoms with E-state index in [1.54, 1.807) is 44.5 Å². The predicted molar refractivity (Wildman–Crippen MR) is 136 cm³/mol. The SMILES string of the molecule is CC(C)(C)OC(=O)NCc1cc2c(o1)C=CC(C(=O)Nc1nc(-c3ccc(CC(=O)NO)s3)cs1)C2. The number of amides is 3. The average Bonchev–Trinajstić information content (AvgIpc) is 3.55. The number of furan rings is 1. The molecule has 0 aromatic carbocycles. The molecule has 0 saturated heterocycles. The van der Waals surface area contributed by atoms with Gasteiger partial charge in [0.05, 0.1) is 29.5 Å². The number of thiazole rings is 1. The Morgan fingerprint density at radius 3 is 2.83 bits per heavy atom. The molecule has 1 atom stereocenters. The van der Waals surface area contributed by atoms with Gasteiger partial charge in [-0.2, -0.15) is 0 Å². The summed E-state index contributed by atoms with van der Waals surface area (Å²) in [4.78, 5) is 42.2. The normalized spacial score (nSPS) is 14.7. The van der Waals surface area contributed by atoms with Crippen molar-refractivity contribution in [2.75, 3.05) is 5.32 Å². The molecule has 12 heteroatoms. The standard InChI is InChI=1S/C24H26N4O6S2/c1-24(2,3)34-23(31)25-11-15-9-14-8-13(4-6-18(14)33-15)21(30)27-22-26-17(12-35-22)19-7-5-16(36-19)10-20(29)28-32/h4-7,9,12-13,32H,8,10-11H2,1-3H3,(H,25,31)(H,28,29)(H,26,27,30). The second kappa shape index (κ2) is 10.6. The summed E-state index contributed by atoms with van der Waals surface area (Å²) in [5.74, 6) is 0.189. The highest BCUT2D eigenvalue weighted by molar-refractivity contribution is 7.17. The molecule has 0 fully saturated rings. The van der Waals surface area contributed by atoms with Crippen LogP contribution < -0.4 is 16.1 Å². The van der Waals surface area contributed by atoms with Crippen LogP contribution >= 0.6 is 22.7 Å². The zero-order valence-electron chi connectivity index (χ0n) is 19.9. The van der Waals surface area contributed by atoms with Crippen LogP contribution in [-0.2, 0) is 33.7 Å². The van der Waals surface area contributed by atoms with E-state index in [0.717, 1.165) is 15.3 Å². The number of anilines is 1. The highest BCUT2D eigenvalue weighted by Gasteiger charge is 2.25. The molecule has 4 N–H and O–H groups in total. The van der Waals surface area contributed by atoms with Crippen molar-refractivity contribution in [1.29, 1.82) is 0 Å². The van der Waals surface area contributed by atoms with E-state index in [-0.39, 0.29) is 24.8 Å². The minimum atomic E-state index is -0.584. The van der Waals surface area contributed by atoms with Gasteiger partial charge in [0, 0.05) is 10.3 Å². The van der Waals surface area contributed by atoms with E-state index in [0.29, 0.717) is 28.8 Å². The summed E-state index contributed by atoms with van der Waals surface area (Å²) >= 11 is 2.71. The Bertz CT molecular complexity index is 1300. The van der Waals surface area contributed by atoms with Crippen molar-refractivity contribution < 1.29 is 28.7 Å². The fourth-order valence-corrected chi connectivity index (χ4v) is 5.26. The molecule has 0 saturated carbocycles. The molecule has 3 aromatic rings. The van der Waals surface area contributed by atoms with Crippen LogP contribution in [0.2, 0.25) is 0 Å². The number of alkyl carbamates (subject to hydrolysis) is 1. The van der Waals surface area contributed by atoms with Gasteiger partial charge in [-0.15, -0.1) is 22.7 Å². The highest BCUT2D eigenvalue weighted by atomic mass is 32.1. The molecule has 3 aromatic heterocycles. The molecule has 0 bridgehead atoms. The van der Waals surface area contributed by atoms with Gasteiger partial charge < -0.3 is 19.8 Å². The van der Waals surface area contributed by atoms with Gasteiger partial charge in [0.2, 0.25) is 11.8 Å².